The van der Waals surface area contributed by atoms with Crippen LogP contribution in [0.15, 0.2) is 41.0 Å². The number of halogens is 2. The van der Waals surface area contributed by atoms with Crippen LogP contribution in [0.4, 0.5) is 5.82 Å². The molecular formula is C11H9BrClN3. The van der Waals surface area contributed by atoms with E-state index >= 15 is 0 Å². The summed E-state index contributed by atoms with van der Waals surface area (Å²) in [6.07, 6.45) is 1.63. The van der Waals surface area contributed by atoms with Gasteiger partial charge in [-0.05, 0) is 33.1 Å². The minimum atomic E-state index is 0.235. The zero-order chi connectivity index (χ0) is 11.4. The lowest BCUT2D eigenvalue weighted by Gasteiger charge is -2.07. The minimum Gasteiger partial charge on any atom is -0.365 e. The third-order valence-electron chi connectivity index (χ3n) is 2.02. The number of rotatable bonds is 3. The van der Waals surface area contributed by atoms with Crippen LogP contribution in [0.5, 0.6) is 0 Å². The van der Waals surface area contributed by atoms with Crippen LogP contribution >= 0.6 is 27.5 Å². The summed E-state index contributed by atoms with van der Waals surface area (Å²) >= 11 is 9.07. The van der Waals surface area contributed by atoms with Crippen LogP contribution in [0.2, 0.25) is 5.28 Å². The van der Waals surface area contributed by atoms with Crippen molar-refractivity contribution in [2.45, 2.75) is 6.54 Å². The molecule has 1 N–H and O–H groups in total. The van der Waals surface area contributed by atoms with Gasteiger partial charge in [-0.25, -0.2) is 4.98 Å². The van der Waals surface area contributed by atoms with E-state index in [2.05, 4.69) is 31.2 Å². The normalized spacial score (nSPS) is 10.1. The fourth-order valence-electron chi connectivity index (χ4n) is 1.25. The maximum Gasteiger partial charge on any atom is 0.224 e. The smallest absolute Gasteiger partial charge is 0.224 e. The Labute approximate surface area is 107 Å². The maximum absolute atomic E-state index is 5.72. The van der Waals surface area contributed by atoms with Gasteiger partial charge in [0.2, 0.25) is 5.28 Å². The second kappa shape index (κ2) is 5.27. The Morgan fingerprint density at radius 1 is 1.25 bits per heavy atom. The van der Waals surface area contributed by atoms with Crippen LogP contribution in [0.1, 0.15) is 5.56 Å². The first-order valence-corrected chi connectivity index (χ1v) is 5.88. The van der Waals surface area contributed by atoms with Gasteiger partial charge in [0.1, 0.15) is 5.82 Å². The van der Waals surface area contributed by atoms with Gasteiger partial charge in [0.15, 0.2) is 0 Å². The summed E-state index contributed by atoms with van der Waals surface area (Å²) in [6.45, 7) is 0.701. The quantitative estimate of drug-likeness (QED) is 0.881. The summed E-state index contributed by atoms with van der Waals surface area (Å²) < 4.78 is 0.799. The molecule has 5 heteroatoms. The highest BCUT2D eigenvalue weighted by Crippen LogP contribution is 2.20. The molecule has 0 fully saturated rings. The maximum atomic E-state index is 5.72. The molecule has 0 unspecified atom stereocenters. The third kappa shape index (κ3) is 2.93. The van der Waals surface area contributed by atoms with Gasteiger partial charge >= 0.3 is 0 Å². The molecule has 0 aliphatic heterocycles. The Hall–Kier alpha value is -1.13. The standard InChI is InChI=1S/C11H9BrClN3/c12-9-7-15-11(13)16-10(9)14-6-8-4-2-1-3-5-8/h1-5,7H,6H2,(H,14,15,16). The van der Waals surface area contributed by atoms with Gasteiger partial charge in [0.05, 0.1) is 4.47 Å². The van der Waals surface area contributed by atoms with E-state index in [4.69, 9.17) is 11.6 Å². The molecule has 1 aromatic heterocycles. The first-order chi connectivity index (χ1) is 7.75. The molecule has 0 saturated heterocycles. The first kappa shape index (κ1) is 11.4. The van der Waals surface area contributed by atoms with Crippen molar-refractivity contribution in [1.29, 1.82) is 0 Å². The monoisotopic (exact) mass is 297 g/mol. The zero-order valence-corrected chi connectivity index (χ0v) is 10.7. The fraction of sp³-hybridized carbons (Fsp3) is 0.0909. The Bertz CT molecular complexity index is 476. The fourth-order valence-corrected chi connectivity index (χ4v) is 1.72. The van der Waals surface area contributed by atoms with Crippen LogP contribution in [0.3, 0.4) is 0 Å². The molecule has 2 aromatic rings. The van der Waals surface area contributed by atoms with Crippen molar-refractivity contribution in [3.63, 3.8) is 0 Å². The van der Waals surface area contributed by atoms with E-state index < -0.39 is 0 Å². The molecule has 0 atom stereocenters. The number of hydrogen-bond donors (Lipinski definition) is 1. The van der Waals surface area contributed by atoms with Crippen LogP contribution < -0.4 is 5.32 Å². The van der Waals surface area contributed by atoms with Gasteiger partial charge in [-0.3, -0.25) is 0 Å². The van der Waals surface area contributed by atoms with Crippen molar-refractivity contribution in [1.82, 2.24) is 9.97 Å². The largest absolute Gasteiger partial charge is 0.365 e. The number of nitrogens with one attached hydrogen (secondary N) is 1. The van der Waals surface area contributed by atoms with Crippen LogP contribution in [-0.4, -0.2) is 9.97 Å². The van der Waals surface area contributed by atoms with E-state index in [0.717, 1.165) is 4.47 Å². The van der Waals surface area contributed by atoms with Crippen LogP contribution in [0.25, 0.3) is 0 Å². The van der Waals surface area contributed by atoms with E-state index in [9.17, 15) is 0 Å². The predicted molar refractivity (Wildman–Crippen MR) is 68.5 cm³/mol. The summed E-state index contributed by atoms with van der Waals surface area (Å²) in [5.74, 6) is 0.698. The van der Waals surface area contributed by atoms with Crippen molar-refractivity contribution in [2.75, 3.05) is 5.32 Å². The molecule has 0 spiro atoms. The van der Waals surface area contributed by atoms with Crippen molar-refractivity contribution in [3.8, 4) is 0 Å². The number of hydrogen-bond acceptors (Lipinski definition) is 3. The van der Waals surface area contributed by atoms with Crippen molar-refractivity contribution in [3.05, 3.63) is 51.8 Å². The van der Waals surface area contributed by atoms with Crippen LogP contribution in [0, 0.1) is 0 Å². The molecule has 0 aliphatic carbocycles. The number of nitrogens with zero attached hydrogens (tertiary/aromatic N) is 2. The Kier molecular flexibility index (Phi) is 3.74. The average Bonchev–Trinajstić information content (AvgIpc) is 2.32. The van der Waals surface area contributed by atoms with E-state index in [-0.39, 0.29) is 5.28 Å². The highest BCUT2D eigenvalue weighted by atomic mass is 79.9. The van der Waals surface area contributed by atoms with Crippen molar-refractivity contribution < 1.29 is 0 Å². The van der Waals surface area contributed by atoms with E-state index in [1.807, 2.05) is 30.3 Å². The summed E-state index contributed by atoms with van der Waals surface area (Å²) in [4.78, 5) is 7.95. The minimum absolute atomic E-state index is 0.235. The lowest BCUT2D eigenvalue weighted by molar-refractivity contribution is 1.07. The molecule has 0 radical (unpaired) electrons. The lowest BCUT2D eigenvalue weighted by Crippen LogP contribution is -2.02. The summed E-state index contributed by atoms with van der Waals surface area (Å²) in [6, 6.07) is 10.1. The second-order valence-electron chi connectivity index (χ2n) is 3.17. The molecule has 82 valence electrons. The van der Waals surface area contributed by atoms with Gasteiger partial charge in [-0.1, -0.05) is 30.3 Å². The highest BCUT2D eigenvalue weighted by molar-refractivity contribution is 9.10. The molecule has 0 aliphatic rings. The van der Waals surface area contributed by atoms with Gasteiger partial charge in [0, 0.05) is 12.7 Å². The first-order valence-electron chi connectivity index (χ1n) is 4.71. The summed E-state index contributed by atoms with van der Waals surface area (Å²) in [7, 11) is 0. The molecule has 0 amide bonds. The molecule has 3 nitrogen and oxygen atoms in total. The topological polar surface area (TPSA) is 37.8 Å². The van der Waals surface area contributed by atoms with E-state index in [1.165, 1.54) is 5.56 Å². The van der Waals surface area contributed by atoms with Gasteiger partial charge in [0.25, 0.3) is 0 Å². The van der Waals surface area contributed by atoms with E-state index in [1.54, 1.807) is 6.20 Å². The predicted octanol–water partition coefficient (Wildman–Crippen LogP) is 3.50. The molecule has 0 saturated carbocycles. The van der Waals surface area contributed by atoms with Gasteiger partial charge in [-0.15, -0.1) is 0 Å². The average molecular weight is 299 g/mol. The Morgan fingerprint density at radius 2 is 2.00 bits per heavy atom. The van der Waals surface area contributed by atoms with Gasteiger partial charge < -0.3 is 5.32 Å². The molecule has 0 bridgehead atoms. The SMILES string of the molecule is Clc1ncc(Br)c(NCc2ccccc2)n1. The van der Waals surface area contributed by atoms with Crippen LogP contribution in [-0.2, 0) is 6.54 Å². The number of anilines is 1. The van der Waals surface area contributed by atoms with Gasteiger partial charge in [-0.2, -0.15) is 4.98 Å². The van der Waals surface area contributed by atoms with E-state index in [0.29, 0.717) is 12.4 Å². The summed E-state index contributed by atoms with van der Waals surface area (Å²) in [5, 5.41) is 3.42. The zero-order valence-electron chi connectivity index (χ0n) is 8.32. The number of benzene rings is 1. The molecule has 16 heavy (non-hydrogen) atoms. The Morgan fingerprint density at radius 3 is 2.75 bits per heavy atom. The molecular weight excluding hydrogens is 289 g/mol. The third-order valence-corrected chi connectivity index (χ3v) is 2.78. The molecule has 2 rings (SSSR count). The molecule has 1 heterocycles. The number of aromatic nitrogens is 2. The van der Waals surface area contributed by atoms with Crippen molar-refractivity contribution >= 4 is 33.3 Å². The Balaban J connectivity index is 2.08. The lowest BCUT2D eigenvalue weighted by atomic mass is 10.2. The summed E-state index contributed by atoms with van der Waals surface area (Å²) in [5.41, 5.74) is 1.18. The highest BCUT2D eigenvalue weighted by Gasteiger charge is 2.02. The van der Waals surface area contributed by atoms with Crippen molar-refractivity contribution in [2.24, 2.45) is 0 Å². The second-order valence-corrected chi connectivity index (χ2v) is 4.37. The molecule has 1 aromatic carbocycles.